The van der Waals surface area contributed by atoms with E-state index < -0.39 is 25.2 Å². The molecule has 0 bridgehead atoms. The average molecular weight is 990 g/mol. The van der Waals surface area contributed by atoms with Gasteiger partial charge in [0.2, 0.25) is 0 Å². The van der Waals surface area contributed by atoms with E-state index in [1.807, 2.05) is 6.92 Å². The summed E-state index contributed by atoms with van der Waals surface area (Å²) in [5, 5.41) is 8.91. The highest BCUT2D eigenvalue weighted by atomic mass is 19.1. The molecule has 0 saturated heterocycles. The van der Waals surface area contributed by atoms with Gasteiger partial charge in [-0.1, -0.05) is 45.9 Å². The van der Waals surface area contributed by atoms with Gasteiger partial charge in [0.15, 0.2) is 17.3 Å². The number of anilines is 3. The van der Waals surface area contributed by atoms with E-state index >= 15 is 0 Å². The fourth-order valence-electron chi connectivity index (χ4n) is 9.61. The molecule has 3 N–H and O–H groups in total. The highest BCUT2D eigenvalue weighted by Crippen LogP contribution is 2.44. The summed E-state index contributed by atoms with van der Waals surface area (Å²) in [6.07, 6.45) is 6.22. The number of carbonyl (C=O) groups excluding carboxylic acids is 2. The van der Waals surface area contributed by atoms with Crippen LogP contribution in [0.1, 0.15) is 119 Å². The summed E-state index contributed by atoms with van der Waals surface area (Å²) in [6, 6.07) is 21.7. The molecule has 0 spiro atoms. The second kappa shape index (κ2) is 22.1. The zero-order chi connectivity index (χ0) is 51.2. The summed E-state index contributed by atoms with van der Waals surface area (Å²) in [7, 11) is 2.87. The zero-order valence-corrected chi connectivity index (χ0v) is 42.5. The van der Waals surface area contributed by atoms with Crippen molar-refractivity contribution in [3.8, 4) is 40.4 Å². The number of furan rings is 2. The predicted octanol–water partition coefficient (Wildman–Crippen LogP) is 12.8. The Kier molecular flexibility index (Phi) is 15.7. The summed E-state index contributed by atoms with van der Waals surface area (Å²) in [4.78, 5) is 27.7. The van der Waals surface area contributed by atoms with Gasteiger partial charge < -0.3 is 53.2 Å². The van der Waals surface area contributed by atoms with Crippen LogP contribution in [0.3, 0.4) is 0 Å². The maximum Gasteiger partial charge on any atom is 0.291 e. The van der Waals surface area contributed by atoms with Gasteiger partial charge in [-0.15, -0.1) is 0 Å². The number of fused-ring (bicyclic) bond motifs is 2. The largest absolute Gasteiger partial charge is 0.494 e. The molecule has 2 heterocycles. The Balaban J connectivity index is 0.982. The standard InChI is InChI=1S/C57H65F2N3O10/c1-34-25-36-11-9-17-56(3,4)42(36)28-38(34)27-40-12-13-44(70-40)54(63)62-53-48(66-8)31-41(67-22-20-59)32-50(53)69-24-23-68-49-30-39(60-21-10-19-58)29-47(65-7)52(49)61-55(64)45-14-15-51(71-45)72-46-33-43-37(26-35(46)2)16-18-57(43,5)6/h12-15,25-26,28-33,60H,9-11,16-24,27H2,1-8H3,(H,61,64)(H,62,63). The lowest BCUT2D eigenvalue weighted by molar-refractivity contribution is 0.0985. The van der Waals surface area contributed by atoms with Crippen molar-refractivity contribution in [3.05, 3.63) is 129 Å². The van der Waals surface area contributed by atoms with Crippen molar-refractivity contribution in [2.24, 2.45) is 0 Å². The number of halogens is 2. The van der Waals surface area contributed by atoms with Crippen LogP contribution >= 0.6 is 0 Å². The molecule has 13 nitrogen and oxygen atoms in total. The molecule has 6 aromatic rings. The quantitative estimate of drug-likeness (QED) is 0.0557. The molecule has 0 aliphatic heterocycles. The van der Waals surface area contributed by atoms with Crippen LogP contribution < -0.4 is 44.4 Å². The molecule has 2 aliphatic carbocycles. The third-order valence-corrected chi connectivity index (χ3v) is 13.6. The molecule has 8 rings (SSSR count). The molecule has 0 radical (unpaired) electrons. The Hall–Kier alpha value is -7.16. The lowest BCUT2D eigenvalue weighted by atomic mass is 9.71. The first kappa shape index (κ1) is 51.2. The number of ether oxygens (including phenoxy) is 6. The number of hydrogen-bond donors (Lipinski definition) is 3. The number of rotatable bonds is 22. The van der Waals surface area contributed by atoms with Crippen molar-refractivity contribution in [1.82, 2.24) is 0 Å². The van der Waals surface area contributed by atoms with Crippen LogP contribution in [0, 0.1) is 13.8 Å². The topological polar surface area (TPSA) is 152 Å². The number of benzene rings is 4. The van der Waals surface area contributed by atoms with E-state index in [4.69, 9.17) is 37.3 Å². The van der Waals surface area contributed by atoms with Crippen molar-refractivity contribution >= 4 is 28.9 Å². The van der Waals surface area contributed by atoms with Gasteiger partial charge in [-0.25, -0.2) is 4.39 Å². The first-order chi connectivity index (χ1) is 34.6. The van der Waals surface area contributed by atoms with Crippen LogP contribution in [-0.4, -0.2) is 65.7 Å². The summed E-state index contributed by atoms with van der Waals surface area (Å²) < 4.78 is 74.1. The molecule has 72 heavy (non-hydrogen) atoms. The summed E-state index contributed by atoms with van der Waals surface area (Å²) in [5.74, 6) is 1.34. The highest BCUT2D eigenvalue weighted by Gasteiger charge is 2.32. The van der Waals surface area contributed by atoms with Crippen LogP contribution in [0.5, 0.6) is 40.4 Å². The number of amides is 2. The first-order valence-electron chi connectivity index (χ1n) is 24.5. The minimum atomic E-state index is -0.735. The molecule has 0 atom stereocenters. The fraction of sp³-hybridized carbons (Fsp3) is 0.404. The Morgan fingerprint density at radius 1 is 0.639 bits per heavy atom. The van der Waals surface area contributed by atoms with E-state index in [0.29, 0.717) is 30.2 Å². The Bertz CT molecular complexity index is 2920. The van der Waals surface area contributed by atoms with Crippen LogP contribution in [0.2, 0.25) is 0 Å². The van der Waals surface area contributed by atoms with E-state index in [0.717, 1.165) is 36.8 Å². The first-order valence-corrected chi connectivity index (χ1v) is 24.5. The molecule has 0 fully saturated rings. The molecule has 4 aromatic carbocycles. The number of aryl methyl sites for hydroxylation is 4. The number of carbonyl (C=O) groups is 2. The lowest BCUT2D eigenvalue weighted by Crippen LogP contribution is -2.24. The van der Waals surface area contributed by atoms with Gasteiger partial charge in [-0.05, 0) is 126 Å². The third-order valence-electron chi connectivity index (χ3n) is 13.6. The fourth-order valence-corrected chi connectivity index (χ4v) is 9.61. The van der Waals surface area contributed by atoms with Crippen molar-refractivity contribution in [1.29, 1.82) is 0 Å². The smallest absolute Gasteiger partial charge is 0.291 e. The van der Waals surface area contributed by atoms with E-state index in [1.54, 1.807) is 30.3 Å². The minimum absolute atomic E-state index is 0.0241. The number of hydrogen-bond acceptors (Lipinski definition) is 11. The lowest BCUT2D eigenvalue weighted by Gasteiger charge is -2.33. The van der Waals surface area contributed by atoms with Gasteiger partial charge >= 0.3 is 0 Å². The molecule has 0 unspecified atom stereocenters. The van der Waals surface area contributed by atoms with Crippen molar-refractivity contribution in [3.63, 3.8) is 0 Å². The summed E-state index contributed by atoms with van der Waals surface area (Å²) in [6.45, 7) is 11.8. The summed E-state index contributed by atoms with van der Waals surface area (Å²) in [5.41, 5.74) is 9.59. The molecule has 382 valence electrons. The molecular formula is C57H65F2N3O10. The Labute approximate surface area is 419 Å². The molecular weight excluding hydrogens is 925 g/mol. The van der Waals surface area contributed by atoms with Crippen LogP contribution in [-0.2, 0) is 30.1 Å². The van der Waals surface area contributed by atoms with Crippen molar-refractivity contribution < 1.29 is 55.6 Å². The van der Waals surface area contributed by atoms with E-state index in [-0.39, 0.29) is 94.7 Å². The van der Waals surface area contributed by atoms with Gasteiger partial charge in [-0.3, -0.25) is 14.0 Å². The van der Waals surface area contributed by atoms with Crippen LogP contribution in [0.25, 0.3) is 0 Å². The van der Waals surface area contributed by atoms with Gasteiger partial charge in [0.1, 0.15) is 72.4 Å². The Morgan fingerprint density at radius 3 is 1.96 bits per heavy atom. The van der Waals surface area contributed by atoms with Crippen molar-refractivity contribution in [2.75, 3.05) is 69.9 Å². The molecule has 0 saturated carbocycles. The molecule has 15 heteroatoms. The Morgan fingerprint density at radius 2 is 1.25 bits per heavy atom. The molecule has 2 aromatic heterocycles. The van der Waals surface area contributed by atoms with E-state index in [2.05, 4.69) is 74.8 Å². The van der Waals surface area contributed by atoms with E-state index in [1.165, 1.54) is 66.7 Å². The van der Waals surface area contributed by atoms with Gasteiger partial charge in [-0.2, -0.15) is 0 Å². The highest BCUT2D eigenvalue weighted by molar-refractivity contribution is 6.05. The van der Waals surface area contributed by atoms with E-state index in [9.17, 15) is 18.4 Å². The molecule has 2 aliphatic rings. The normalized spacial score (nSPS) is 14.2. The minimum Gasteiger partial charge on any atom is -0.494 e. The SMILES string of the molecule is COc1cc(OCCF)cc(OCCOc2cc(NCCCF)cc(OC)c2NC(=O)c2ccc(Oc3cc4c(cc3C)CCC4(C)C)o2)c1NC(=O)c1ccc(Cc2cc3c(cc2C)CCCC3(C)C)o1. The third kappa shape index (κ3) is 11.6. The zero-order valence-electron chi connectivity index (χ0n) is 42.5. The summed E-state index contributed by atoms with van der Waals surface area (Å²) >= 11 is 0. The van der Waals surface area contributed by atoms with Crippen LogP contribution in [0.15, 0.2) is 81.6 Å². The van der Waals surface area contributed by atoms with Gasteiger partial charge in [0, 0.05) is 49.0 Å². The second-order valence-corrected chi connectivity index (χ2v) is 19.7. The van der Waals surface area contributed by atoms with Gasteiger partial charge in [0.25, 0.3) is 17.8 Å². The number of nitrogens with one attached hydrogen (secondary N) is 3. The maximum atomic E-state index is 13.9. The second-order valence-electron chi connectivity index (χ2n) is 19.7. The monoisotopic (exact) mass is 989 g/mol. The average Bonchev–Trinajstić information content (AvgIpc) is 4.10. The van der Waals surface area contributed by atoms with Gasteiger partial charge in [0.05, 0.1) is 20.9 Å². The van der Waals surface area contributed by atoms with Crippen LogP contribution in [0.4, 0.5) is 25.8 Å². The van der Waals surface area contributed by atoms with Crippen molar-refractivity contribution in [2.45, 2.75) is 97.3 Å². The number of alkyl halides is 2. The predicted molar refractivity (Wildman–Crippen MR) is 273 cm³/mol. The maximum absolute atomic E-state index is 13.9. The molecule has 2 amide bonds. The number of methoxy groups -OCH3 is 2.